The molecule has 0 aromatic rings. The van der Waals surface area contributed by atoms with Crippen LogP contribution in [0.15, 0.2) is 0 Å². The largest absolute Gasteiger partial charge is 0.313 e. The van der Waals surface area contributed by atoms with E-state index in [2.05, 4.69) is 20.8 Å². The Hall–Kier alpha value is -0.0800. The molecule has 106 valence electrons. The monoisotopic (exact) mass is 252 g/mol. The first-order valence-corrected chi connectivity index (χ1v) is 7.97. The van der Waals surface area contributed by atoms with Crippen molar-refractivity contribution >= 4 is 0 Å². The van der Waals surface area contributed by atoms with Crippen molar-refractivity contribution in [1.29, 1.82) is 0 Å². The van der Waals surface area contributed by atoms with Gasteiger partial charge in [-0.25, -0.2) is 0 Å². The van der Waals surface area contributed by atoms with E-state index < -0.39 is 5.66 Å². The van der Waals surface area contributed by atoms with Crippen LogP contribution in [-0.4, -0.2) is 5.66 Å². The van der Waals surface area contributed by atoms with Crippen LogP contribution >= 0.6 is 0 Å². The fourth-order valence-electron chi connectivity index (χ4n) is 4.43. The van der Waals surface area contributed by atoms with Crippen molar-refractivity contribution < 1.29 is 0 Å². The quantitative estimate of drug-likeness (QED) is 0.739. The van der Waals surface area contributed by atoms with Gasteiger partial charge < -0.3 is 11.5 Å². The van der Waals surface area contributed by atoms with E-state index in [1.54, 1.807) is 0 Å². The van der Waals surface area contributed by atoms with Gasteiger partial charge in [-0.1, -0.05) is 40.0 Å². The summed E-state index contributed by atoms with van der Waals surface area (Å²) in [5.41, 5.74) is 12.1. The van der Waals surface area contributed by atoms with E-state index in [0.717, 1.165) is 17.8 Å². The zero-order valence-corrected chi connectivity index (χ0v) is 12.5. The van der Waals surface area contributed by atoms with E-state index in [1.165, 1.54) is 44.9 Å². The molecule has 2 heteroatoms. The van der Waals surface area contributed by atoms with Crippen molar-refractivity contribution in [3.05, 3.63) is 0 Å². The summed E-state index contributed by atoms with van der Waals surface area (Å²) in [5.74, 6) is 3.72. The van der Waals surface area contributed by atoms with E-state index in [9.17, 15) is 0 Å². The molecule has 0 radical (unpaired) electrons. The Balaban J connectivity index is 1.87. The second-order valence-electron chi connectivity index (χ2n) is 7.51. The summed E-state index contributed by atoms with van der Waals surface area (Å²) in [5, 5.41) is 0. The molecule has 0 aliphatic heterocycles. The first-order chi connectivity index (χ1) is 8.39. The van der Waals surface area contributed by atoms with E-state index in [4.69, 9.17) is 11.5 Å². The van der Waals surface area contributed by atoms with Gasteiger partial charge in [0.2, 0.25) is 0 Å². The molecule has 18 heavy (non-hydrogen) atoms. The first kappa shape index (κ1) is 14.3. The molecule has 0 spiro atoms. The predicted octanol–water partition coefficient (Wildman–Crippen LogP) is 3.50. The van der Waals surface area contributed by atoms with Gasteiger partial charge in [0.25, 0.3) is 0 Å². The lowest BCUT2D eigenvalue weighted by molar-refractivity contribution is 0.0785. The van der Waals surface area contributed by atoms with Crippen molar-refractivity contribution in [1.82, 2.24) is 0 Å². The summed E-state index contributed by atoms with van der Waals surface area (Å²) < 4.78 is 0. The highest BCUT2D eigenvalue weighted by molar-refractivity contribution is 4.95. The van der Waals surface area contributed by atoms with E-state index in [0.29, 0.717) is 11.8 Å². The van der Waals surface area contributed by atoms with Gasteiger partial charge in [-0.3, -0.25) is 0 Å². The summed E-state index contributed by atoms with van der Waals surface area (Å²) >= 11 is 0. The molecule has 0 saturated heterocycles. The summed E-state index contributed by atoms with van der Waals surface area (Å²) in [6, 6.07) is 0. The van der Waals surface area contributed by atoms with Crippen LogP contribution in [0.3, 0.4) is 0 Å². The number of hydrogen-bond donors (Lipinski definition) is 2. The highest BCUT2D eigenvalue weighted by Crippen LogP contribution is 2.42. The Bertz CT molecular complexity index is 260. The van der Waals surface area contributed by atoms with Gasteiger partial charge in [0.15, 0.2) is 0 Å². The number of rotatable bonds is 2. The van der Waals surface area contributed by atoms with Crippen LogP contribution in [0, 0.1) is 29.6 Å². The molecular formula is C16H32N2. The molecule has 4 N–H and O–H groups in total. The molecule has 4 unspecified atom stereocenters. The van der Waals surface area contributed by atoms with Crippen molar-refractivity contribution in [2.75, 3.05) is 0 Å². The maximum Gasteiger partial charge on any atom is 0.0689 e. The summed E-state index contributed by atoms with van der Waals surface area (Å²) in [4.78, 5) is 0. The molecular weight excluding hydrogens is 220 g/mol. The molecule has 4 atom stereocenters. The first-order valence-electron chi connectivity index (χ1n) is 7.97. The summed E-state index contributed by atoms with van der Waals surface area (Å²) in [6.45, 7) is 6.90. The maximum atomic E-state index is 6.26. The Labute approximate surface area is 113 Å². The molecule has 2 fully saturated rings. The minimum atomic E-state index is -0.434. The van der Waals surface area contributed by atoms with Crippen LogP contribution in [0.25, 0.3) is 0 Å². The van der Waals surface area contributed by atoms with Gasteiger partial charge in [0, 0.05) is 0 Å². The lowest BCUT2D eigenvalue weighted by Gasteiger charge is -2.46. The highest BCUT2D eigenvalue weighted by atomic mass is 15.0. The van der Waals surface area contributed by atoms with Gasteiger partial charge in [-0.15, -0.1) is 0 Å². The van der Waals surface area contributed by atoms with Crippen LogP contribution < -0.4 is 11.5 Å². The van der Waals surface area contributed by atoms with Gasteiger partial charge in [0.05, 0.1) is 5.66 Å². The molecule has 0 bridgehead atoms. The fraction of sp³-hybridized carbons (Fsp3) is 1.00. The Morgan fingerprint density at radius 1 is 0.889 bits per heavy atom. The fourth-order valence-corrected chi connectivity index (χ4v) is 4.43. The summed E-state index contributed by atoms with van der Waals surface area (Å²) in [7, 11) is 0. The molecule has 2 rings (SSSR count). The third kappa shape index (κ3) is 3.08. The van der Waals surface area contributed by atoms with Crippen LogP contribution in [0.2, 0.25) is 0 Å². The van der Waals surface area contributed by atoms with Gasteiger partial charge in [-0.2, -0.15) is 0 Å². The van der Waals surface area contributed by atoms with E-state index >= 15 is 0 Å². The maximum absolute atomic E-state index is 6.26. The average Bonchev–Trinajstić information content (AvgIpc) is 2.26. The minimum absolute atomic E-state index is 0.434. The topological polar surface area (TPSA) is 52.0 Å². The molecule has 2 aliphatic rings. The normalized spacial score (nSPS) is 44.8. The van der Waals surface area contributed by atoms with Gasteiger partial charge in [0.1, 0.15) is 0 Å². The van der Waals surface area contributed by atoms with Gasteiger partial charge >= 0.3 is 0 Å². The van der Waals surface area contributed by atoms with E-state index in [-0.39, 0.29) is 0 Å². The molecule has 0 heterocycles. The lowest BCUT2D eigenvalue weighted by atomic mass is 9.66. The molecule has 0 amide bonds. The van der Waals surface area contributed by atoms with Crippen molar-refractivity contribution in [3.8, 4) is 0 Å². The van der Waals surface area contributed by atoms with Crippen molar-refractivity contribution in [2.24, 2.45) is 41.1 Å². The molecule has 2 nitrogen and oxygen atoms in total. The molecule has 2 saturated carbocycles. The van der Waals surface area contributed by atoms with E-state index in [1.807, 2.05) is 0 Å². The van der Waals surface area contributed by atoms with Crippen LogP contribution in [0.1, 0.15) is 65.7 Å². The highest BCUT2D eigenvalue weighted by Gasteiger charge is 2.40. The summed E-state index contributed by atoms with van der Waals surface area (Å²) in [6.07, 6.45) is 9.71. The second kappa shape index (κ2) is 5.50. The molecule has 0 aromatic carbocycles. The lowest BCUT2D eigenvalue weighted by Crippen LogP contribution is -2.62. The number of hydrogen-bond acceptors (Lipinski definition) is 2. The average molecular weight is 252 g/mol. The SMILES string of the molecule is CC1CCCC(CC2CC(C)C(N)(N)C(C)C2)C1. The van der Waals surface area contributed by atoms with Gasteiger partial charge in [-0.05, 0) is 55.3 Å². The zero-order valence-electron chi connectivity index (χ0n) is 12.5. The van der Waals surface area contributed by atoms with Crippen molar-refractivity contribution in [3.63, 3.8) is 0 Å². The van der Waals surface area contributed by atoms with Crippen molar-refractivity contribution in [2.45, 2.75) is 71.4 Å². The predicted molar refractivity (Wildman–Crippen MR) is 77.9 cm³/mol. The Kier molecular flexibility index (Phi) is 4.38. The van der Waals surface area contributed by atoms with Crippen LogP contribution in [-0.2, 0) is 0 Å². The smallest absolute Gasteiger partial charge is 0.0689 e. The molecule has 2 aliphatic carbocycles. The van der Waals surface area contributed by atoms with Crippen LogP contribution in [0.4, 0.5) is 0 Å². The third-order valence-electron chi connectivity index (χ3n) is 5.79. The zero-order chi connectivity index (χ0) is 13.3. The Morgan fingerprint density at radius 2 is 1.50 bits per heavy atom. The number of nitrogens with two attached hydrogens (primary N) is 2. The standard InChI is InChI=1S/C16H32N2/c1-11-5-4-6-14(7-11)10-15-8-12(2)16(17,18)13(3)9-15/h11-15H,4-10,17-18H2,1-3H3. The second-order valence-corrected chi connectivity index (χ2v) is 7.51. The Morgan fingerprint density at radius 3 is 2.06 bits per heavy atom. The minimum Gasteiger partial charge on any atom is -0.313 e. The molecule has 0 aromatic heterocycles. The van der Waals surface area contributed by atoms with Crippen LogP contribution in [0.5, 0.6) is 0 Å². The third-order valence-corrected chi connectivity index (χ3v) is 5.79.